The molecule has 1 aromatic carbocycles. The van der Waals surface area contributed by atoms with Gasteiger partial charge in [0.1, 0.15) is 0 Å². The van der Waals surface area contributed by atoms with E-state index < -0.39 is 0 Å². The number of urea groups is 1. The number of rotatable bonds is 0. The second-order valence-electron chi connectivity index (χ2n) is 2.77. The number of carbonyl (C=O) groups is 1. The fourth-order valence-corrected chi connectivity index (χ4v) is 1.31. The molecule has 1 aliphatic rings. The summed E-state index contributed by atoms with van der Waals surface area (Å²) < 4.78 is 0. The van der Waals surface area contributed by atoms with E-state index in [-0.39, 0.29) is 6.03 Å². The van der Waals surface area contributed by atoms with Crippen LogP contribution in [-0.2, 0) is 6.54 Å². The largest absolute Gasteiger partial charge is 0.334 e. The first-order chi connectivity index (χ1) is 5.79. The molecule has 1 aromatic rings. The number of nitrogens with zero attached hydrogens (tertiary/aromatic N) is 1. The van der Waals surface area contributed by atoms with Gasteiger partial charge in [-0.15, -0.1) is 0 Å². The SMILES string of the molecule is CN1C(=O)NCc2cc[c]cc21. The maximum atomic E-state index is 11.2. The van der Waals surface area contributed by atoms with E-state index in [2.05, 4.69) is 11.4 Å². The summed E-state index contributed by atoms with van der Waals surface area (Å²) in [5, 5.41) is 2.76. The molecule has 1 radical (unpaired) electrons. The average Bonchev–Trinajstić information content (AvgIpc) is 2.12. The van der Waals surface area contributed by atoms with Gasteiger partial charge in [-0.2, -0.15) is 0 Å². The summed E-state index contributed by atoms with van der Waals surface area (Å²) in [6, 6.07) is 8.54. The minimum atomic E-state index is -0.0536. The maximum absolute atomic E-state index is 11.2. The molecule has 0 atom stereocenters. The lowest BCUT2D eigenvalue weighted by Crippen LogP contribution is -2.41. The highest BCUT2D eigenvalue weighted by Crippen LogP contribution is 2.21. The first-order valence-corrected chi connectivity index (χ1v) is 3.79. The number of anilines is 1. The Bertz CT molecular complexity index is 322. The van der Waals surface area contributed by atoms with Crippen LogP contribution in [0.1, 0.15) is 5.56 Å². The molecule has 0 unspecified atom stereocenters. The molecular formula is C9H9N2O. The molecule has 2 rings (SSSR count). The summed E-state index contributed by atoms with van der Waals surface area (Å²) in [6.07, 6.45) is 0. The molecule has 12 heavy (non-hydrogen) atoms. The van der Waals surface area contributed by atoms with Gasteiger partial charge < -0.3 is 5.32 Å². The molecule has 0 saturated carbocycles. The van der Waals surface area contributed by atoms with Crippen molar-refractivity contribution in [2.24, 2.45) is 0 Å². The number of hydrogen-bond acceptors (Lipinski definition) is 1. The van der Waals surface area contributed by atoms with E-state index in [1.165, 1.54) is 0 Å². The van der Waals surface area contributed by atoms with Gasteiger partial charge in [0.2, 0.25) is 0 Å². The standard InChI is InChI=1S/C9H9N2O/c1-11-8-5-3-2-4-7(8)6-10-9(11)12/h2,4-5H,6H2,1H3,(H,10,12). The molecule has 0 aromatic heterocycles. The normalized spacial score (nSPS) is 15.4. The van der Waals surface area contributed by atoms with Crippen molar-refractivity contribution in [3.8, 4) is 0 Å². The van der Waals surface area contributed by atoms with E-state index in [0.29, 0.717) is 6.54 Å². The van der Waals surface area contributed by atoms with Gasteiger partial charge in [-0.05, 0) is 17.7 Å². The van der Waals surface area contributed by atoms with Gasteiger partial charge in [0, 0.05) is 13.6 Å². The van der Waals surface area contributed by atoms with Gasteiger partial charge in [-0.3, -0.25) is 4.90 Å². The van der Waals surface area contributed by atoms with Crippen LogP contribution in [0.3, 0.4) is 0 Å². The third-order valence-corrected chi connectivity index (χ3v) is 2.03. The number of carbonyl (C=O) groups excluding carboxylic acids is 1. The van der Waals surface area contributed by atoms with E-state index in [1.807, 2.05) is 18.2 Å². The van der Waals surface area contributed by atoms with Crippen molar-refractivity contribution in [3.05, 3.63) is 29.8 Å². The zero-order valence-corrected chi connectivity index (χ0v) is 6.79. The Hall–Kier alpha value is -1.51. The van der Waals surface area contributed by atoms with E-state index in [1.54, 1.807) is 11.9 Å². The van der Waals surface area contributed by atoms with Gasteiger partial charge in [-0.25, -0.2) is 4.79 Å². The monoisotopic (exact) mass is 161 g/mol. The van der Waals surface area contributed by atoms with Crippen molar-refractivity contribution in [2.75, 3.05) is 11.9 Å². The minimum absolute atomic E-state index is 0.0536. The van der Waals surface area contributed by atoms with Gasteiger partial charge in [0.25, 0.3) is 0 Å². The number of amides is 2. The lowest BCUT2D eigenvalue weighted by molar-refractivity contribution is 0.246. The number of nitrogens with one attached hydrogen (secondary N) is 1. The van der Waals surface area contributed by atoms with E-state index in [0.717, 1.165) is 11.3 Å². The molecule has 0 spiro atoms. The molecule has 3 nitrogen and oxygen atoms in total. The zero-order chi connectivity index (χ0) is 8.55. The summed E-state index contributed by atoms with van der Waals surface area (Å²) in [6.45, 7) is 0.618. The predicted octanol–water partition coefficient (Wildman–Crippen LogP) is 1.15. The lowest BCUT2D eigenvalue weighted by Gasteiger charge is -2.25. The molecule has 0 fully saturated rings. The molecule has 1 N–H and O–H groups in total. The van der Waals surface area contributed by atoms with Gasteiger partial charge in [0.05, 0.1) is 5.69 Å². The molecule has 2 amide bonds. The second kappa shape index (κ2) is 2.52. The van der Waals surface area contributed by atoms with E-state index >= 15 is 0 Å². The average molecular weight is 161 g/mol. The van der Waals surface area contributed by atoms with Crippen molar-refractivity contribution < 1.29 is 4.79 Å². The Balaban J connectivity index is 2.48. The van der Waals surface area contributed by atoms with Crippen LogP contribution in [-0.4, -0.2) is 13.1 Å². The molecule has 0 saturated heterocycles. The Morgan fingerprint density at radius 1 is 1.67 bits per heavy atom. The van der Waals surface area contributed by atoms with Crippen LogP contribution in [0.4, 0.5) is 10.5 Å². The Morgan fingerprint density at radius 3 is 3.33 bits per heavy atom. The Kier molecular flexibility index (Phi) is 1.50. The molecule has 3 heteroatoms. The predicted molar refractivity (Wildman–Crippen MR) is 45.9 cm³/mol. The number of hydrogen-bond donors (Lipinski definition) is 1. The van der Waals surface area contributed by atoms with Crippen molar-refractivity contribution in [3.63, 3.8) is 0 Å². The highest BCUT2D eigenvalue weighted by molar-refractivity contribution is 5.94. The molecule has 61 valence electrons. The summed E-state index contributed by atoms with van der Waals surface area (Å²) in [4.78, 5) is 12.8. The third kappa shape index (κ3) is 0.942. The molecule has 1 aliphatic heterocycles. The Labute approximate surface area is 71.0 Å². The van der Waals surface area contributed by atoms with Crippen LogP contribution in [0.25, 0.3) is 0 Å². The van der Waals surface area contributed by atoms with Crippen molar-refractivity contribution in [2.45, 2.75) is 6.54 Å². The fraction of sp³-hybridized carbons (Fsp3) is 0.222. The van der Waals surface area contributed by atoms with Gasteiger partial charge in [-0.1, -0.05) is 12.1 Å². The highest BCUT2D eigenvalue weighted by atomic mass is 16.2. The first kappa shape index (κ1) is 7.16. The summed E-state index contributed by atoms with van der Waals surface area (Å²) >= 11 is 0. The lowest BCUT2D eigenvalue weighted by atomic mass is 10.1. The van der Waals surface area contributed by atoms with Gasteiger partial charge >= 0.3 is 6.03 Å². The topological polar surface area (TPSA) is 32.3 Å². The van der Waals surface area contributed by atoms with Crippen LogP contribution < -0.4 is 10.2 Å². The van der Waals surface area contributed by atoms with Gasteiger partial charge in [0.15, 0.2) is 0 Å². The number of benzene rings is 1. The molecular weight excluding hydrogens is 152 g/mol. The summed E-state index contributed by atoms with van der Waals surface area (Å²) in [5.74, 6) is 0. The van der Waals surface area contributed by atoms with Crippen LogP contribution in [0.15, 0.2) is 18.2 Å². The molecule has 0 bridgehead atoms. The summed E-state index contributed by atoms with van der Waals surface area (Å²) in [7, 11) is 1.75. The quantitative estimate of drug-likeness (QED) is 0.608. The maximum Gasteiger partial charge on any atom is 0.321 e. The van der Waals surface area contributed by atoms with Crippen molar-refractivity contribution in [1.82, 2.24) is 5.32 Å². The van der Waals surface area contributed by atoms with Crippen LogP contribution in [0.5, 0.6) is 0 Å². The van der Waals surface area contributed by atoms with Crippen molar-refractivity contribution >= 4 is 11.7 Å². The van der Waals surface area contributed by atoms with E-state index in [9.17, 15) is 4.79 Å². The number of fused-ring (bicyclic) bond motifs is 1. The highest BCUT2D eigenvalue weighted by Gasteiger charge is 2.18. The third-order valence-electron chi connectivity index (χ3n) is 2.03. The van der Waals surface area contributed by atoms with Crippen molar-refractivity contribution in [1.29, 1.82) is 0 Å². The Morgan fingerprint density at radius 2 is 2.50 bits per heavy atom. The smallest absolute Gasteiger partial charge is 0.321 e. The van der Waals surface area contributed by atoms with Crippen LogP contribution >= 0.6 is 0 Å². The zero-order valence-electron chi connectivity index (χ0n) is 6.79. The first-order valence-electron chi connectivity index (χ1n) is 3.79. The van der Waals surface area contributed by atoms with E-state index in [4.69, 9.17) is 0 Å². The summed E-state index contributed by atoms with van der Waals surface area (Å²) in [5.41, 5.74) is 2.08. The molecule has 0 aliphatic carbocycles. The second-order valence-corrected chi connectivity index (χ2v) is 2.77. The minimum Gasteiger partial charge on any atom is -0.334 e. The molecule has 1 heterocycles. The fourth-order valence-electron chi connectivity index (χ4n) is 1.31. The van der Waals surface area contributed by atoms with Crippen LogP contribution in [0, 0.1) is 6.07 Å². The van der Waals surface area contributed by atoms with Crippen LogP contribution in [0.2, 0.25) is 0 Å².